The number of aliphatic carboxylic acids is 1. The van der Waals surface area contributed by atoms with Crippen molar-refractivity contribution in [3.63, 3.8) is 0 Å². The second-order valence-electron chi connectivity index (χ2n) is 7.72. The first-order chi connectivity index (χ1) is 13.7. The minimum Gasteiger partial charge on any atom is -0.479 e. The topological polar surface area (TPSA) is 87.2 Å². The first kappa shape index (κ1) is 24.5. The number of aryl methyl sites for hydroxylation is 1. The van der Waals surface area contributed by atoms with Gasteiger partial charge >= 0.3 is 12.1 Å². The van der Waals surface area contributed by atoms with E-state index in [1.807, 2.05) is 44.2 Å². The van der Waals surface area contributed by atoms with E-state index in [1.165, 1.54) is 22.4 Å². The minimum atomic E-state index is -1.24. The Balaban J connectivity index is 2.69. The lowest BCUT2D eigenvalue weighted by Crippen LogP contribution is -2.48. The van der Waals surface area contributed by atoms with Crippen molar-refractivity contribution >= 4 is 18.0 Å². The van der Waals surface area contributed by atoms with E-state index >= 15 is 0 Å². The Labute approximate surface area is 173 Å². The zero-order valence-corrected chi connectivity index (χ0v) is 18.1. The average Bonchev–Trinajstić information content (AvgIpc) is 2.69. The van der Waals surface area contributed by atoms with Crippen LogP contribution in [0.2, 0.25) is 0 Å². The summed E-state index contributed by atoms with van der Waals surface area (Å²) in [7, 11) is 4.72. The molecule has 1 aromatic carbocycles. The van der Waals surface area contributed by atoms with Crippen molar-refractivity contribution in [2.24, 2.45) is 5.92 Å². The molecule has 0 aliphatic carbocycles. The van der Waals surface area contributed by atoms with Crippen LogP contribution in [0.15, 0.2) is 30.3 Å². The van der Waals surface area contributed by atoms with Crippen molar-refractivity contribution in [3.05, 3.63) is 35.9 Å². The maximum atomic E-state index is 12.5. The van der Waals surface area contributed by atoms with E-state index in [9.17, 15) is 19.5 Å². The molecule has 0 bridgehead atoms. The zero-order valence-electron chi connectivity index (χ0n) is 18.1. The maximum absolute atomic E-state index is 12.5. The van der Waals surface area contributed by atoms with Gasteiger partial charge in [-0.25, -0.2) is 9.59 Å². The Morgan fingerprint density at radius 3 is 2.21 bits per heavy atom. The van der Waals surface area contributed by atoms with Gasteiger partial charge in [0.25, 0.3) is 0 Å². The maximum Gasteiger partial charge on any atom is 0.411 e. The van der Waals surface area contributed by atoms with Gasteiger partial charge in [0.1, 0.15) is 6.04 Å². The number of hydrogen-bond donors (Lipinski definition) is 1. The molecule has 0 aromatic heterocycles. The largest absolute Gasteiger partial charge is 0.479 e. The molecular formula is C22H34N2O5. The summed E-state index contributed by atoms with van der Waals surface area (Å²) in [4.78, 5) is 39.1. The quantitative estimate of drug-likeness (QED) is 0.608. The summed E-state index contributed by atoms with van der Waals surface area (Å²) >= 11 is 0. The molecule has 0 radical (unpaired) electrons. The minimum absolute atomic E-state index is 0.0595. The molecule has 3 atom stereocenters. The first-order valence-corrected chi connectivity index (χ1v) is 10.1. The third-order valence-electron chi connectivity index (χ3n) is 4.95. The molecule has 7 heteroatoms. The molecule has 0 aliphatic heterocycles. The van der Waals surface area contributed by atoms with Crippen molar-refractivity contribution in [3.8, 4) is 0 Å². The Morgan fingerprint density at radius 1 is 1.07 bits per heavy atom. The van der Waals surface area contributed by atoms with Gasteiger partial charge in [0.05, 0.1) is 0 Å². The fourth-order valence-corrected chi connectivity index (χ4v) is 3.13. The molecule has 0 aliphatic rings. The average molecular weight is 407 g/mol. The summed E-state index contributed by atoms with van der Waals surface area (Å²) in [5.74, 6) is -1.33. The highest BCUT2D eigenvalue weighted by Crippen LogP contribution is 2.18. The van der Waals surface area contributed by atoms with Crippen LogP contribution in [0.25, 0.3) is 0 Å². The third-order valence-corrected chi connectivity index (χ3v) is 4.95. The predicted octanol–water partition coefficient (Wildman–Crippen LogP) is 3.42. The van der Waals surface area contributed by atoms with Gasteiger partial charge in [-0.05, 0) is 37.2 Å². The highest BCUT2D eigenvalue weighted by molar-refractivity contribution is 5.86. The summed E-state index contributed by atoms with van der Waals surface area (Å²) in [5, 5.41) is 9.51. The highest BCUT2D eigenvalue weighted by Gasteiger charge is 2.32. The lowest BCUT2D eigenvalue weighted by molar-refractivity contribution is -0.148. The van der Waals surface area contributed by atoms with E-state index in [-0.39, 0.29) is 18.2 Å². The lowest BCUT2D eigenvalue weighted by Gasteiger charge is -2.29. The molecule has 7 nitrogen and oxygen atoms in total. The number of carbonyl (C=O) groups excluding carboxylic acids is 2. The van der Waals surface area contributed by atoms with Crippen molar-refractivity contribution in [2.75, 3.05) is 21.1 Å². The predicted molar refractivity (Wildman–Crippen MR) is 112 cm³/mol. The number of benzene rings is 1. The van der Waals surface area contributed by atoms with Crippen LogP contribution < -0.4 is 0 Å². The third kappa shape index (κ3) is 8.13. The molecule has 162 valence electrons. The van der Waals surface area contributed by atoms with Gasteiger partial charge in [0.15, 0.2) is 0 Å². The van der Waals surface area contributed by atoms with Crippen LogP contribution >= 0.6 is 0 Å². The molecule has 2 amide bonds. The van der Waals surface area contributed by atoms with Gasteiger partial charge in [-0.1, -0.05) is 50.6 Å². The standard InChI is InChI=1S/C22H34N2O5/c1-6-10-18(20(25)23(3)4)24(5)22(28)29-19(21(26)27)15-16(2)13-14-17-11-8-7-9-12-17/h7-9,11-12,16,18-19H,6,10,13-15H2,1-5H3,(H,26,27)/t16?,18?,19-/m0/s1. The molecular weight excluding hydrogens is 372 g/mol. The molecule has 0 heterocycles. The molecule has 0 fully saturated rings. The van der Waals surface area contributed by atoms with Gasteiger partial charge in [-0.15, -0.1) is 0 Å². The van der Waals surface area contributed by atoms with Crippen molar-refractivity contribution in [1.82, 2.24) is 9.80 Å². The number of likely N-dealkylation sites (N-methyl/N-ethyl adjacent to an activating group) is 2. The van der Waals surface area contributed by atoms with Gasteiger partial charge < -0.3 is 14.7 Å². The molecule has 0 spiro atoms. The lowest BCUT2D eigenvalue weighted by atomic mass is 9.95. The number of rotatable bonds is 11. The zero-order chi connectivity index (χ0) is 22.0. The van der Waals surface area contributed by atoms with Crippen molar-refractivity contribution in [1.29, 1.82) is 0 Å². The van der Waals surface area contributed by atoms with Gasteiger partial charge in [-0.2, -0.15) is 0 Å². The van der Waals surface area contributed by atoms with E-state index in [0.717, 1.165) is 12.8 Å². The second kappa shape index (κ2) is 12.1. The summed E-state index contributed by atoms with van der Waals surface area (Å²) in [6.45, 7) is 3.87. The SMILES string of the molecule is CCCC(C(=O)N(C)C)N(C)C(=O)O[C@@H](CC(C)CCc1ccccc1)C(=O)O. The number of carboxylic acid groups (broad SMARTS) is 1. The molecule has 2 unspecified atom stereocenters. The van der Waals surface area contributed by atoms with Gasteiger partial charge in [0.2, 0.25) is 12.0 Å². The normalized spacial score (nSPS) is 13.8. The van der Waals surface area contributed by atoms with Crippen LogP contribution in [0.4, 0.5) is 4.79 Å². The van der Waals surface area contributed by atoms with E-state index in [1.54, 1.807) is 14.1 Å². The van der Waals surface area contributed by atoms with Crippen molar-refractivity contribution in [2.45, 2.75) is 58.1 Å². The summed E-state index contributed by atoms with van der Waals surface area (Å²) < 4.78 is 5.27. The van der Waals surface area contributed by atoms with Crippen LogP contribution in [0.1, 0.15) is 45.1 Å². The molecule has 1 N–H and O–H groups in total. The van der Waals surface area contributed by atoms with Crippen LogP contribution in [0.5, 0.6) is 0 Å². The number of amides is 2. The van der Waals surface area contributed by atoms with Gasteiger partial charge in [-0.3, -0.25) is 9.69 Å². The molecule has 0 saturated carbocycles. The summed E-state index contributed by atoms with van der Waals surface area (Å²) in [6.07, 6.45) is 1.00. The van der Waals surface area contributed by atoms with Gasteiger partial charge in [0, 0.05) is 21.1 Å². The van der Waals surface area contributed by atoms with E-state index in [2.05, 4.69) is 0 Å². The number of nitrogens with zero attached hydrogens (tertiary/aromatic N) is 2. The Bertz CT molecular complexity index is 662. The Kier molecular flexibility index (Phi) is 10.2. The van der Waals surface area contributed by atoms with E-state index in [0.29, 0.717) is 12.8 Å². The van der Waals surface area contributed by atoms with Crippen molar-refractivity contribution < 1.29 is 24.2 Å². The molecule has 0 saturated heterocycles. The number of carbonyl (C=O) groups is 3. The van der Waals surface area contributed by atoms with E-state index in [4.69, 9.17) is 4.74 Å². The van der Waals surface area contributed by atoms with E-state index < -0.39 is 24.2 Å². The van der Waals surface area contributed by atoms with Crippen LogP contribution in [0.3, 0.4) is 0 Å². The molecule has 1 rings (SSSR count). The second-order valence-corrected chi connectivity index (χ2v) is 7.72. The van der Waals surface area contributed by atoms with Crippen LogP contribution in [-0.2, 0) is 20.7 Å². The number of ether oxygens (including phenoxy) is 1. The Morgan fingerprint density at radius 2 is 1.69 bits per heavy atom. The fraction of sp³-hybridized carbons (Fsp3) is 0.591. The van der Waals surface area contributed by atoms with Crippen LogP contribution in [-0.4, -0.2) is 66.2 Å². The summed E-state index contributed by atoms with van der Waals surface area (Å²) in [5.41, 5.74) is 1.19. The highest BCUT2D eigenvalue weighted by atomic mass is 16.6. The smallest absolute Gasteiger partial charge is 0.411 e. The van der Waals surface area contributed by atoms with Crippen LogP contribution in [0, 0.1) is 5.92 Å². The molecule has 29 heavy (non-hydrogen) atoms. The first-order valence-electron chi connectivity index (χ1n) is 10.1. The monoisotopic (exact) mass is 406 g/mol. The Hall–Kier alpha value is -2.57. The summed E-state index contributed by atoms with van der Waals surface area (Å²) in [6, 6.07) is 9.29. The fourth-order valence-electron chi connectivity index (χ4n) is 3.13. The number of hydrogen-bond acceptors (Lipinski definition) is 4. The molecule has 1 aromatic rings. The number of carboxylic acids is 1.